The molecule has 0 fully saturated rings. The highest BCUT2D eigenvalue weighted by atomic mass is 32.1. The molecule has 1 aliphatic rings. The van der Waals surface area contributed by atoms with Gasteiger partial charge >= 0.3 is 0 Å². The summed E-state index contributed by atoms with van der Waals surface area (Å²) in [5, 5.41) is 5.68. The molecule has 1 N–H and O–H groups in total. The first kappa shape index (κ1) is 22.9. The van der Waals surface area contributed by atoms with E-state index in [-0.39, 0.29) is 0 Å². The van der Waals surface area contributed by atoms with Crippen LogP contribution in [0.15, 0.2) is 84.5 Å². The van der Waals surface area contributed by atoms with Crippen LogP contribution in [0, 0.1) is 0 Å². The summed E-state index contributed by atoms with van der Waals surface area (Å²) in [5.74, 6) is 0. The Morgan fingerprint density at radius 2 is 1.71 bits per heavy atom. The Morgan fingerprint density at radius 1 is 0.824 bits per heavy atom. The predicted molar refractivity (Wildman–Crippen MR) is 139 cm³/mol. The Bertz CT molecular complexity index is 1140. The molecule has 174 valence electrons. The molecule has 0 saturated carbocycles. The molecule has 0 bridgehead atoms. The van der Waals surface area contributed by atoms with E-state index in [0.717, 1.165) is 38.3 Å². The number of pyridine rings is 2. The SMILES string of the molecule is c1ccc(CNCc2ccc(CN(Cc3cccs3)C3CCCCc4cccnc43)cc2)nc1. The number of thiophene rings is 1. The van der Waals surface area contributed by atoms with Crippen molar-refractivity contribution in [2.24, 2.45) is 0 Å². The van der Waals surface area contributed by atoms with Gasteiger partial charge in [0.25, 0.3) is 0 Å². The van der Waals surface area contributed by atoms with E-state index in [0.29, 0.717) is 6.04 Å². The van der Waals surface area contributed by atoms with Crippen LogP contribution in [0.2, 0.25) is 0 Å². The molecular weight excluding hydrogens is 436 g/mol. The number of hydrogen-bond donors (Lipinski definition) is 1. The van der Waals surface area contributed by atoms with Crippen molar-refractivity contribution in [2.75, 3.05) is 0 Å². The molecular formula is C29H32N4S. The smallest absolute Gasteiger partial charge is 0.0607 e. The molecule has 34 heavy (non-hydrogen) atoms. The van der Waals surface area contributed by atoms with Crippen molar-refractivity contribution in [1.82, 2.24) is 20.2 Å². The highest BCUT2D eigenvalue weighted by molar-refractivity contribution is 7.09. The Labute approximate surface area is 206 Å². The van der Waals surface area contributed by atoms with Gasteiger partial charge in [-0.15, -0.1) is 11.3 Å². The second-order valence-corrected chi connectivity index (χ2v) is 10.1. The van der Waals surface area contributed by atoms with Gasteiger partial charge in [0.2, 0.25) is 0 Å². The first-order valence-electron chi connectivity index (χ1n) is 12.2. The van der Waals surface area contributed by atoms with E-state index in [1.165, 1.54) is 46.5 Å². The third-order valence-electron chi connectivity index (χ3n) is 6.57. The molecule has 3 aromatic heterocycles. The number of aromatic nitrogens is 2. The van der Waals surface area contributed by atoms with Gasteiger partial charge in [0.15, 0.2) is 0 Å². The zero-order valence-electron chi connectivity index (χ0n) is 19.6. The van der Waals surface area contributed by atoms with Crippen LogP contribution >= 0.6 is 11.3 Å². The van der Waals surface area contributed by atoms with E-state index in [1.807, 2.05) is 35.9 Å². The van der Waals surface area contributed by atoms with E-state index in [1.54, 1.807) is 0 Å². The number of fused-ring (bicyclic) bond motifs is 1. The molecule has 1 atom stereocenters. The van der Waals surface area contributed by atoms with Crippen molar-refractivity contribution < 1.29 is 0 Å². The van der Waals surface area contributed by atoms with Crippen LogP contribution in [-0.4, -0.2) is 14.9 Å². The molecule has 1 unspecified atom stereocenters. The summed E-state index contributed by atoms with van der Waals surface area (Å²) in [4.78, 5) is 13.3. The number of hydrogen-bond acceptors (Lipinski definition) is 5. The van der Waals surface area contributed by atoms with Gasteiger partial charge in [-0.3, -0.25) is 14.9 Å². The summed E-state index contributed by atoms with van der Waals surface area (Å²) in [6.45, 7) is 3.52. The third kappa shape index (κ3) is 5.98. The molecule has 4 aromatic rings. The molecule has 1 aromatic carbocycles. The van der Waals surface area contributed by atoms with Crippen LogP contribution in [-0.2, 0) is 32.6 Å². The maximum Gasteiger partial charge on any atom is 0.0607 e. The molecule has 5 rings (SSSR count). The van der Waals surface area contributed by atoms with Crippen LogP contribution in [0.25, 0.3) is 0 Å². The summed E-state index contributed by atoms with van der Waals surface area (Å²) >= 11 is 1.85. The average molecular weight is 469 g/mol. The first-order chi connectivity index (χ1) is 16.8. The number of nitrogens with one attached hydrogen (secondary N) is 1. The van der Waals surface area contributed by atoms with E-state index < -0.39 is 0 Å². The summed E-state index contributed by atoms with van der Waals surface area (Å²) in [6, 6.07) is 24.3. The molecule has 0 aliphatic heterocycles. The molecule has 0 radical (unpaired) electrons. The fraction of sp³-hybridized carbons (Fsp3) is 0.310. The summed E-state index contributed by atoms with van der Waals surface area (Å²) in [6.07, 6.45) is 8.63. The minimum absolute atomic E-state index is 0.362. The number of nitrogens with zero attached hydrogens (tertiary/aromatic N) is 3. The summed E-state index contributed by atoms with van der Waals surface area (Å²) in [5.41, 5.74) is 6.43. The standard InChI is InChI=1S/C29H32N4S/c1-2-11-28(29-25(7-1)8-5-17-32-29)33(22-27-10-6-18-34-27)21-24-14-12-23(13-15-24)19-30-20-26-9-3-4-16-31-26/h3-6,8-10,12-18,28,30H,1-2,7,11,19-22H2. The van der Waals surface area contributed by atoms with Gasteiger partial charge < -0.3 is 5.32 Å². The monoisotopic (exact) mass is 468 g/mol. The molecule has 5 heteroatoms. The Hall–Kier alpha value is -2.86. The maximum absolute atomic E-state index is 4.87. The zero-order valence-corrected chi connectivity index (χ0v) is 20.4. The molecule has 4 nitrogen and oxygen atoms in total. The topological polar surface area (TPSA) is 41.0 Å². The zero-order chi connectivity index (χ0) is 23.0. The van der Waals surface area contributed by atoms with Crippen LogP contribution in [0.5, 0.6) is 0 Å². The first-order valence-corrected chi connectivity index (χ1v) is 13.1. The van der Waals surface area contributed by atoms with Gasteiger partial charge in [0.1, 0.15) is 0 Å². The lowest BCUT2D eigenvalue weighted by Gasteiger charge is -2.31. The molecule has 0 amide bonds. The van der Waals surface area contributed by atoms with E-state index in [4.69, 9.17) is 4.98 Å². The second kappa shape index (κ2) is 11.5. The number of aryl methyl sites for hydroxylation is 1. The van der Waals surface area contributed by atoms with Gasteiger partial charge in [0, 0.05) is 43.4 Å². The normalized spacial score (nSPS) is 15.7. The predicted octanol–water partition coefficient (Wildman–Crippen LogP) is 6.30. The summed E-state index contributed by atoms with van der Waals surface area (Å²) in [7, 11) is 0. The van der Waals surface area contributed by atoms with Crippen molar-refractivity contribution in [2.45, 2.75) is 57.9 Å². The minimum Gasteiger partial charge on any atom is -0.307 e. The average Bonchev–Trinajstić information content (AvgIpc) is 3.30. The van der Waals surface area contributed by atoms with Crippen LogP contribution in [0.4, 0.5) is 0 Å². The summed E-state index contributed by atoms with van der Waals surface area (Å²) < 4.78 is 0. The van der Waals surface area contributed by atoms with Crippen molar-refractivity contribution in [3.05, 3.63) is 117 Å². The van der Waals surface area contributed by atoms with Gasteiger partial charge in [-0.1, -0.05) is 48.9 Å². The van der Waals surface area contributed by atoms with Gasteiger partial charge in [0.05, 0.1) is 17.4 Å². The maximum atomic E-state index is 4.87. The van der Waals surface area contributed by atoms with Gasteiger partial charge in [-0.05, 0) is 65.6 Å². The lowest BCUT2D eigenvalue weighted by Crippen LogP contribution is -2.28. The van der Waals surface area contributed by atoms with Crippen molar-refractivity contribution >= 4 is 11.3 Å². The molecule has 3 heterocycles. The number of benzene rings is 1. The quantitative estimate of drug-likeness (QED) is 0.293. The number of rotatable bonds is 9. The van der Waals surface area contributed by atoms with E-state index in [2.05, 4.69) is 75.2 Å². The van der Waals surface area contributed by atoms with Crippen molar-refractivity contribution in [3.8, 4) is 0 Å². The fourth-order valence-corrected chi connectivity index (χ4v) is 5.55. The van der Waals surface area contributed by atoms with Gasteiger partial charge in [-0.25, -0.2) is 0 Å². The minimum atomic E-state index is 0.362. The Morgan fingerprint density at radius 3 is 2.53 bits per heavy atom. The Kier molecular flexibility index (Phi) is 7.76. The fourth-order valence-electron chi connectivity index (χ4n) is 4.82. The Balaban J connectivity index is 1.29. The van der Waals surface area contributed by atoms with Crippen LogP contribution < -0.4 is 5.32 Å². The third-order valence-corrected chi connectivity index (χ3v) is 7.43. The molecule has 0 saturated heterocycles. The van der Waals surface area contributed by atoms with E-state index in [9.17, 15) is 0 Å². The molecule has 1 aliphatic carbocycles. The van der Waals surface area contributed by atoms with Crippen LogP contribution in [0.3, 0.4) is 0 Å². The van der Waals surface area contributed by atoms with Crippen molar-refractivity contribution in [3.63, 3.8) is 0 Å². The highest BCUT2D eigenvalue weighted by Gasteiger charge is 2.26. The highest BCUT2D eigenvalue weighted by Crippen LogP contribution is 2.34. The van der Waals surface area contributed by atoms with E-state index >= 15 is 0 Å². The van der Waals surface area contributed by atoms with Crippen LogP contribution in [0.1, 0.15) is 58.3 Å². The lowest BCUT2D eigenvalue weighted by atomic mass is 10.0. The largest absolute Gasteiger partial charge is 0.307 e. The van der Waals surface area contributed by atoms with Gasteiger partial charge in [-0.2, -0.15) is 0 Å². The molecule has 0 spiro atoms. The second-order valence-electron chi connectivity index (χ2n) is 9.03. The lowest BCUT2D eigenvalue weighted by molar-refractivity contribution is 0.166. The van der Waals surface area contributed by atoms with Crippen molar-refractivity contribution in [1.29, 1.82) is 0 Å².